The summed E-state index contributed by atoms with van der Waals surface area (Å²) in [6.45, 7) is 2.65. The smallest absolute Gasteiger partial charge is 0.237 e. The minimum Gasteiger partial charge on any atom is -0.383 e. The van der Waals surface area contributed by atoms with E-state index in [9.17, 15) is 4.79 Å². The zero-order valence-electron chi connectivity index (χ0n) is 10.7. The molecule has 1 N–H and O–H groups in total. The third-order valence-corrected chi connectivity index (χ3v) is 3.96. The second-order valence-corrected chi connectivity index (χ2v) is 5.25. The molecule has 1 unspecified atom stereocenters. The fraction of sp³-hybridized carbons (Fsp3) is 0.615. The number of hydrogen-bond acceptors (Lipinski definition) is 4. The molecule has 2 rings (SSSR count). The van der Waals surface area contributed by atoms with Gasteiger partial charge >= 0.3 is 0 Å². The maximum Gasteiger partial charge on any atom is 0.237 e. The summed E-state index contributed by atoms with van der Waals surface area (Å²) in [6.07, 6.45) is 2.19. The molecule has 0 bridgehead atoms. The Labute approximate surface area is 112 Å². The van der Waals surface area contributed by atoms with E-state index in [2.05, 4.69) is 22.1 Å². The first-order valence-electron chi connectivity index (χ1n) is 6.34. The van der Waals surface area contributed by atoms with Gasteiger partial charge in [-0.25, -0.2) is 0 Å². The quantitative estimate of drug-likeness (QED) is 0.798. The van der Waals surface area contributed by atoms with E-state index in [1.807, 2.05) is 4.90 Å². The molecule has 1 amide bonds. The highest BCUT2D eigenvalue weighted by molar-refractivity contribution is 7.07. The fourth-order valence-electron chi connectivity index (χ4n) is 2.35. The van der Waals surface area contributed by atoms with Gasteiger partial charge in [0.05, 0.1) is 19.2 Å². The molecular formula is C13H20N2O2S. The van der Waals surface area contributed by atoms with E-state index in [1.54, 1.807) is 18.4 Å². The molecule has 1 aliphatic heterocycles. The molecule has 0 aliphatic carbocycles. The van der Waals surface area contributed by atoms with Crippen LogP contribution in [-0.2, 0) is 9.53 Å². The zero-order chi connectivity index (χ0) is 12.8. The SMILES string of the molecule is COCCNCC(=O)N1CCCC1c1ccsc1. The largest absolute Gasteiger partial charge is 0.383 e. The number of amides is 1. The van der Waals surface area contributed by atoms with E-state index < -0.39 is 0 Å². The van der Waals surface area contributed by atoms with Crippen LogP contribution in [0.3, 0.4) is 0 Å². The van der Waals surface area contributed by atoms with Crippen LogP contribution in [0.1, 0.15) is 24.4 Å². The van der Waals surface area contributed by atoms with Gasteiger partial charge in [-0.1, -0.05) is 0 Å². The van der Waals surface area contributed by atoms with Crippen molar-refractivity contribution in [2.75, 3.05) is 33.4 Å². The van der Waals surface area contributed by atoms with Crippen molar-refractivity contribution in [2.24, 2.45) is 0 Å². The molecule has 5 heteroatoms. The van der Waals surface area contributed by atoms with Gasteiger partial charge in [0.1, 0.15) is 0 Å². The molecule has 18 heavy (non-hydrogen) atoms. The summed E-state index contributed by atoms with van der Waals surface area (Å²) in [4.78, 5) is 14.1. The third-order valence-electron chi connectivity index (χ3n) is 3.26. The topological polar surface area (TPSA) is 41.6 Å². The number of hydrogen-bond donors (Lipinski definition) is 1. The molecule has 0 spiro atoms. The monoisotopic (exact) mass is 268 g/mol. The van der Waals surface area contributed by atoms with Crippen LogP contribution in [0.4, 0.5) is 0 Å². The number of thiophene rings is 1. The van der Waals surface area contributed by atoms with Gasteiger partial charge in [-0.3, -0.25) is 4.79 Å². The van der Waals surface area contributed by atoms with Gasteiger partial charge in [0, 0.05) is 20.2 Å². The van der Waals surface area contributed by atoms with Crippen molar-refractivity contribution >= 4 is 17.2 Å². The Balaban J connectivity index is 1.85. The maximum absolute atomic E-state index is 12.1. The Kier molecular flexibility index (Phi) is 5.16. The van der Waals surface area contributed by atoms with Crippen LogP contribution in [0, 0.1) is 0 Å². The first-order valence-corrected chi connectivity index (χ1v) is 7.28. The van der Waals surface area contributed by atoms with Crippen molar-refractivity contribution in [3.05, 3.63) is 22.4 Å². The van der Waals surface area contributed by atoms with Crippen molar-refractivity contribution in [3.63, 3.8) is 0 Å². The van der Waals surface area contributed by atoms with Crippen LogP contribution in [0.15, 0.2) is 16.8 Å². The maximum atomic E-state index is 12.1. The van der Waals surface area contributed by atoms with E-state index >= 15 is 0 Å². The van der Waals surface area contributed by atoms with Crippen LogP contribution in [0.25, 0.3) is 0 Å². The average Bonchev–Trinajstić information content (AvgIpc) is 3.02. The Hall–Kier alpha value is -0.910. The van der Waals surface area contributed by atoms with Crippen LogP contribution in [-0.4, -0.2) is 44.2 Å². The Morgan fingerprint density at radius 2 is 2.56 bits per heavy atom. The second-order valence-electron chi connectivity index (χ2n) is 4.47. The molecule has 1 fully saturated rings. The highest BCUT2D eigenvalue weighted by Crippen LogP contribution is 2.32. The van der Waals surface area contributed by atoms with Crippen LogP contribution >= 0.6 is 11.3 Å². The summed E-state index contributed by atoms with van der Waals surface area (Å²) in [5.74, 6) is 0.194. The van der Waals surface area contributed by atoms with Crippen molar-refractivity contribution in [1.82, 2.24) is 10.2 Å². The molecule has 4 nitrogen and oxygen atoms in total. The summed E-state index contributed by atoms with van der Waals surface area (Å²) < 4.78 is 4.94. The van der Waals surface area contributed by atoms with Crippen molar-refractivity contribution < 1.29 is 9.53 Å². The predicted molar refractivity (Wildman–Crippen MR) is 72.8 cm³/mol. The predicted octanol–water partition coefficient (Wildman–Crippen LogP) is 1.65. The Morgan fingerprint density at radius 1 is 1.67 bits per heavy atom. The molecule has 2 heterocycles. The molecule has 1 aromatic heterocycles. The first kappa shape index (κ1) is 13.5. The first-order chi connectivity index (χ1) is 8.83. The number of nitrogens with zero attached hydrogens (tertiary/aromatic N) is 1. The number of methoxy groups -OCH3 is 1. The summed E-state index contributed by atoms with van der Waals surface area (Å²) in [6, 6.07) is 2.41. The third kappa shape index (κ3) is 3.31. The minimum absolute atomic E-state index is 0.194. The van der Waals surface area contributed by atoms with Crippen molar-refractivity contribution in [2.45, 2.75) is 18.9 Å². The minimum atomic E-state index is 0.194. The lowest BCUT2D eigenvalue weighted by Gasteiger charge is -2.24. The summed E-state index contributed by atoms with van der Waals surface area (Å²) >= 11 is 1.69. The highest BCUT2D eigenvalue weighted by atomic mass is 32.1. The molecule has 0 saturated carbocycles. The molecular weight excluding hydrogens is 248 g/mol. The van der Waals surface area contributed by atoms with Crippen LogP contribution < -0.4 is 5.32 Å². The standard InChI is InChI=1S/C13H20N2O2S/c1-17-7-5-14-9-13(16)15-6-2-3-12(15)11-4-8-18-10-11/h4,8,10,12,14H,2-3,5-7,9H2,1H3. The Bertz CT molecular complexity index is 367. The molecule has 1 saturated heterocycles. The van der Waals surface area contributed by atoms with E-state index in [0.717, 1.165) is 25.9 Å². The van der Waals surface area contributed by atoms with Gasteiger partial charge in [-0.15, -0.1) is 0 Å². The van der Waals surface area contributed by atoms with Gasteiger partial charge in [0.15, 0.2) is 0 Å². The number of ether oxygens (including phenoxy) is 1. The van der Waals surface area contributed by atoms with Gasteiger partial charge in [-0.05, 0) is 35.2 Å². The zero-order valence-corrected chi connectivity index (χ0v) is 11.5. The lowest BCUT2D eigenvalue weighted by atomic mass is 10.1. The summed E-state index contributed by atoms with van der Waals surface area (Å²) in [5.41, 5.74) is 1.28. The van der Waals surface area contributed by atoms with Gasteiger partial charge in [-0.2, -0.15) is 11.3 Å². The Morgan fingerprint density at radius 3 is 3.28 bits per heavy atom. The van der Waals surface area contributed by atoms with Gasteiger partial charge < -0.3 is 15.0 Å². The number of nitrogens with one attached hydrogen (secondary N) is 1. The van der Waals surface area contributed by atoms with Crippen molar-refractivity contribution in [3.8, 4) is 0 Å². The molecule has 0 radical (unpaired) electrons. The fourth-order valence-corrected chi connectivity index (χ4v) is 3.05. The van der Waals surface area contributed by atoms with E-state index in [-0.39, 0.29) is 11.9 Å². The number of likely N-dealkylation sites (tertiary alicyclic amines) is 1. The van der Waals surface area contributed by atoms with Crippen molar-refractivity contribution in [1.29, 1.82) is 0 Å². The highest BCUT2D eigenvalue weighted by Gasteiger charge is 2.29. The van der Waals surface area contributed by atoms with Gasteiger partial charge in [0.2, 0.25) is 5.91 Å². The number of rotatable bonds is 6. The molecule has 1 aliphatic rings. The normalized spacial score (nSPS) is 19.4. The van der Waals surface area contributed by atoms with Crippen LogP contribution in [0.5, 0.6) is 0 Å². The molecule has 1 atom stereocenters. The summed E-state index contributed by atoms with van der Waals surface area (Å²) in [7, 11) is 1.66. The van der Waals surface area contributed by atoms with Gasteiger partial charge in [0.25, 0.3) is 0 Å². The number of carbonyl (C=O) groups excluding carboxylic acids is 1. The number of carbonyl (C=O) groups is 1. The summed E-state index contributed by atoms with van der Waals surface area (Å²) in [5, 5.41) is 7.34. The van der Waals surface area contributed by atoms with E-state index in [4.69, 9.17) is 4.74 Å². The van der Waals surface area contributed by atoms with E-state index in [0.29, 0.717) is 13.2 Å². The second kappa shape index (κ2) is 6.87. The molecule has 100 valence electrons. The lowest BCUT2D eigenvalue weighted by Crippen LogP contribution is -2.38. The van der Waals surface area contributed by atoms with Crippen LogP contribution in [0.2, 0.25) is 0 Å². The molecule has 1 aromatic rings. The lowest BCUT2D eigenvalue weighted by molar-refractivity contribution is -0.131. The molecule has 0 aromatic carbocycles. The average molecular weight is 268 g/mol. The van der Waals surface area contributed by atoms with E-state index in [1.165, 1.54) is 5.56 Å².